The minimum Gasteiger partial charge on any atom is -0.507 e. The molecule has 0 saturated heterocycles. The third kappa shape index (κ3) is 2.68. The molecule has 1 N–H and O–H groups in total. The molecule has 110 valence electrons. The molecule has 1 aliphatic carbocycles. The van der Waals surface area contributed by atoms with E-state index in [1.54, 1.807) is 0 Å². The van der Waals surface area contributed by atoms with Crippen molar-refractivity contribution in [2.75, 3.05) is 7.05 Å². The zero-order chi connectivity index (χ0) is 15.0. The van der Waals surface area contributed by atoms with Crippen LogP contribution in [0.15, 0.2) is 36.4 Å². The van der Waals surface area contributed by atoms with E-state index in [-0.39, 0.29) is 0 Å². The van der Waals surface area contributed by atoms with Gasteiger partial charge in [-0.15, -0.1) is 0 Å². The largest absolute Gasteiger partial charge is 0.507 e. The van der Waals surface area contributed by atoms with Crippen molar-refractivity contribution in [2.45, 2.75) is 39.3 Å². The summed E-state index contributed by atoms with van der Waals surface area (Å²) in [5.74, 6) is 0.424. The molecule has 1 unspecified atom stereocenters. The summed E-state index contributed by atoms with van der Waals surface area (Å²) >= 11 is 0. The van der Waals surface area contributed by atoms with Crippen LogP contribution in [0.5, 0.6) is 5.75 Å². The van der Waals surface area contributed by atoms with Gasteiger partial charge in [-0.25, -0.2) is 0 Å². The van der Waals surface area contributed by atoms with Crippen molar-refractivity contribution in [2.24, 2.45) is 0 Å². The van der Waals surface area contributed by atoms with Crippen molar-refractivity contribution in [1.82, 2.24) is 4.90 Å². The van der Waals surface area contributed by atoms with Crippen LogP contribution in [0.1, 0.15) is 40.3 Å². The van der Waals surface area contributed by atoms with Crippen molar-refractivity contribution in [1.29, 1.82) is 0 Å². The standard InChI is InChI=1S/C19H23NO/c1-13-10-15(11-14(2)19(13)21)12-20(3)18-9-8-16-6-4-5-7-17(16)18/h4-7,10-11,18,21H,8-9,12H2,1-3H3. The predicted molar refractivity (Wildman–Crippen MR) is 86.6 cm³/mol. The fourth-order valence-electron chi connectivity index (χ4n) is 3.53. The molecule has 0 bridgehead atoms. The number of benzene rings is 2. The van der Waals surface area contributed by atoms with Crippen molar-refractivity contribution >= 4 is 0 Å². The maximum Gasteiger partial charge on any atom is 0.121 e. The second kappa shape index (κ2) is 5.53. The van der Waals surface area contributed by atoms with Crippen LogP contribution in [-0.4, -0.2) is 17.1 Å². The smallest absolute Gasteiger partial charge is 0.121 e. The summed E-state index contributed by atoms with van der Waals surface area (Å²) in [4.78, 5) is 2.43. The number of phenols is 1. The number of hydrogen-bond donors (Lipinski definition) is 1. The summed E-state index contributed by atoms with van der Waals surface area (Å²) < 4.78 is 0. The van der Waals surface area contributed by atoms with E-state index in [4.69, 9.17) is 0 Å². The Morgan fingerprint density at radius 3 is 2.52 bits per heavy atom. The average Bonchev–Trinajstić information content (AvgIpc) is 2.88. The van der Waals surface area contributed by atoms with Crippen molar-refractivity contribution in [3.63, 3.8) is 0 Å². The molecule has 0 heterocycles. The van der Waals surface area contributed by atoms with Crippen molar-refractivity contribution < 1.29 is 5.11 Å². The molecule has 0 aromatic heterocycles. The van der Waals surface area contributed by atoms with E-state index in [2.05, 4.69) is 48.3 Å². The van der Waals surface area contributed by atoms with Gasteiger partial charge < -0.3 is 5.11 Å². The van der Waals surface area contributed by atoms with Gasteiger partial charge in [-0.05, 0) is 61.6 Å². The Labute approximate surface area is 127 Å². The lowest BCUT2D eigenvalue weighted by Gasteiger charge is -2.25. The summed E-state index contributed by atoms with van der Waals surface area (Å²) in [6, 6.07) is 13.5. The van der Waals surface area contributed by atoms with Crippen LogP contribution in [0.3, 0.4) is 0 Å². The fraction of sp³-hybridized carbons (Fsp3) is 0.368. The van der Waals surface area contributed by atoms with E-state index < -0.39 is 0 Å². The normalized spacial score (nSPS) is 17.2. The Balaban J connectivity index is 1.80. The molecule has 0 amide bonds. The second-order valence-corrected chi connectivity index (χ2v) is 6.25. The molecule has 2 aromatic rings. The number of phenolic OH excluding ortho intramolecular Hbond substituents is 1. The number of hydrogen-bond acceptors (Lipinski definition) is 2. The molecule has 21 heavy (non-hydrogen) atoms. The number of nitrogens with zero attached hydrogens (tertiary/aromatic N) is 1. The lowest BCUT2D eigenvalue weighted by molar-refractivity contribution is 0.236. The van der Waals surface area contributed by atoms with Crippen LogP contribution in [0.2, 0.25) is 0 Å². The van der Waals surface area contributed by atoms with E-state index in [0.717, 1.165) is 17.7 Å². The van der Waals surface area contributed by atoms with E-state index in [9.17, 15) is 5.11 Å². The molecule has 2 aromatic carbocycles. The third-order valence-corrected chi connectivity index (χ3v) is 4.62. The van der Waals surface area contributed by atoms with Gasteiger partial charge in [0.1, 0.15) is 5.75 Å². The first-order valence-electron chi connectivity index (χ1n) is 7.63. The SMILES string of the molecule is Cc1cc(CN(C)C2CCc3ccccc32)cc(C)c1O. The summed E-state index contributed by atoms with van der Waals surface area (Å²) in [5, 5.41) is 9.89. The molecular weight excluding hydrogens is 258 g/mol. The zero-order valence-corrected chi connectivity index (χ0v) is 13.1. The fourth-order valence-corrected chi connectivity index (χ4v) is 3.53. The molecule has 1 atom stereocenters. The molecule has 0 radical (unpaired) electrons. The number of rotatable bonds is 3. The third-order valence-electron chi connectivity index (χ3n) is 4.62. The Morgan fingerprint density at radius 2 is 1.81 bits per heavy atom. The van der Waals surface area contributed by atoms with Crippen LogP contribution < -0.4 is 0 Å². The predicted octanol–water partition coefficient (Wildman–Crippen LogP) is 4.13. The summed E-state index contributed by atoms with van der Waals surface area (Å²) in [7, 11) is 2.20. The van der Waals surface area contributed by atoms with E-state index in [0.29, 0.717) is 11.8 Å². The Morgan fingerprint density at radius 1 is 1.14 bits per heavy atom. The lowest BCUT2D eigenvalue weighted by atomic mass is 10.0. The van der Waals surface area contributed by atoms with Crippen LogP contribution >= 0.6 is 0 Å². The molecule has 0 spiro atoms. The van der Waals surface area contributed by atoms with E-state index in [1.165, 1.54) is 29.5 Å². The van der Waals surface area contributed by atoms with Gasteiger partial charge in [-0.3, -0.25) is 4.90 Å². The Kier molecular flexibility index (Phi) is 3.73. The quantitative estimate of drug-likeness (QED) is 0.914. The van der Waals surface area contributed by atoms with E-state index in [1.807, 2.05) is 13.8 Å². The molecule has 2 heteroatoms. The van der Waals surface area contributed by atoms with Gasteiger partial charge >= 0.3 is 0 Å². The minimum absolute atomic E-state index is 0.424. The average molecular weight is 281 g/mol. The second-order valence-electron chi connectivity index (χ2n) is 6.25. The topological polar surface area (TPSA) is 23.5 Å². The number of fused-ring (bicyclic) bond motifs is 1. The lowest BCUT2D eigenvalue weighted by Crippen LogP contribution is -2.22. The summed E-state index contributed by atoms with van der Waals surface area (Å²) in [6.45, 7) is 4.86. The maximum atomic E-state index is 9.89. The van der Waals surface area contributed by atoms with Gasteiger partial charge in [-0.2, -0.15) is 0 Å². The van der Waals surface area contributed by atoms with Crippen LogP contribution in [0, 0.1) is 13.8 Å². The highest BCUT2D eigenvalue weighted by molar-refractivity contribution is 5.42. The van der Waals surface area contributed by atoms with Gasteiger partial charge in [0, 0.05) is 12.6 Å². The van der Waals surface area contributed by atoms with Gasteiger partial charge in [0.25, 0.3) is 0 Å². The molecule has 1 aliphatic rings. The molecule has 0 fully saturated rings. The minimum atomic E-state index is 0.424. The molecule has 3 rings (SSSR count). The highest BCUT2D eigenvalue weighted by Crippen LogP contribution is 2.35. The van der Waals surface area contributed by atoms with Gasteiger partial charge in [-0.1, -0.05) is 36.4 Å². The number of aromatic hydroxyl groups is 1. The Hall–Kier alpha value is -1.80. The first-order chi connectivity index (χ1) is 10.1. The molecule has 0 saturated carbocycles. The summed E-state index contributed by atoms with van der Waals surface area (Å²) in [5.41, 5.74) is 6.17. The van der Waals surface area contributed by atoms with Crippen LogP contribution in [0.4, 0.5) is 0 Å². The number of aryl methyl sites for hydroxylation is 3. The maximum absolute atomic E-state index is 9.89. The Bertz CT molecular complexity index is 639. The molecule has 2 nitrogen and oxygen atoms in total. The highest BCUT2D eigenvalue weighted by Gasteiger charge is 2.25. The highest BCUT2D eigenvalue weighted by atomic mass is 16.3. The van der Waals surface area contributed by atoms with Crippen molar-refractivity contribution in [3.8, 4) is 5.75 Å². The van der Waals surface area contributed by atoms with Crippen molar-refractivity contribution in [3.05, 3.63) is 64.2 Å². The molecule has 0 aliphatic heterocycles. The van der Waals surface area contributed by atoms with Crippen LogP contribution in [0.25, 0.3) is 0 Å². The van der Waals surface area contributed by atoms with E-state index >= 15 is 0 Å². The van der Waals surface area contributed by atoms with Gasteiger partial charge in [0.2, 0.25) is 0 Å². The molecular formula is C19H23NO. The first-order valence-corrected chi connectivity index (χ1v) is 7.63. The van der Waals surface area contributed by atoms with Gasteiger partial charge in [0.05, 0.1) is 0 Å². The van der Waals surface area contributed by atoms with Crippen LogP contribution in [-0.2, 0) is 13.0 Å². The van der Waals surface area contributed by atoms with Gasteiger partial charge in [0.15, 0.2) is 0 Å². The summed E-state index contributed by atoms with van der Waals surface area (Å²) in [6.07, 6.45) is 2.38. The zero-order valence-electron chi connectivity index (χ0n) is 13.1. The first kappa shape index (κ1) is 14.2. The monoisotopic (exact) mass is 281 g/mol.